The highest BCUT2D eigenvalue weighted by Gasteiger charge is 2.25. The summed E-state index contributed by atoms with van der Waals surface area (Å²) in [6, 6.07) is 10.4. The maximum absolute atomic E-state index is 13.9. The van der Waals surface area contributed by atoms with E-state index >= 15 is 0 Å². The van der Waals surface area contributed by atoms with Crippen molar-refractivity contribution in [1.82, 2.24) is 0 Å². The van der Waals surface area contributed by atoms with Crippen molar-refractivity contribution in [3.8, 4) is 0 Å². The molecule has 0 saturated heterocycles. The molecule has 5 heteroatoms. The minimum atomic E-state index is -1.13. The van der Waals surface area contributed by atoms with Gasteiger partial charge in [0.2, 0.25) is 0 Å². The van der Waals surface area contributed by atoms with Gasteiger partial charge in [0.15, 0.2) is 0 Å². The lowest BCUT2D eigenvalue weighted by atomic mass is 9.96. The Kier molecular flexibility index (Phi) is 4.86. The molecular formula is C15H14BrF2NO. The van der Waals surface area contributed by atoms with Crippen molar-refractivity contribution in [3.63, 3.8) is 0 Å². The molecule has 0 aromatic heterocycles. The van der Waals surface area contributed by atoms with Gasteiger partial charge in [0, 0.05) is 12.0 Å². The van der Waals surface area contributed by atoms with Gasteiger partial charge >= 0.3 is 0 Å². The first-order chi connectivity index (χ1) is 9.50. The van der Waals surface area contributed by atoms with Gasteiger partial charge in [-0.05, 0) is 33.6 Å². The molecule has 0 spiro atoms. The molecule has 0 saturated carbocycles. The zero-order valence-electron chi connectivity index (χ0n) is 10.6. The SMILES string of the molecule is N[C@H](c1c(F)ccc(Br)c1F)[C@@H](O)Cc1ccccc1. The molecular weight excluding hydrogens is 328 g/mol. The maximum Gasteiger partial charge on any atom is 0.145 e. The summed E-state index contributed by atoms with van der Waals surface area (Å²) >= 11 is 2.99. The van der Waals surface area contributed by atoms with E-state index in [-0.39, 0.29) is 16.5 Å². The quantitative estimate of drug-likeness (QED) is 0.838. The molecule has 0 aliphatic heterocycles. The highest BCUT2D eigenvalue weighted by Crippen LogP contribution is 2.28. The molecule has 0 bridgehead atoms. The smallest absolute Gasteiger partial charge is 0.145 e. The molecule has 0 heterocycles. The maximum atomic E-state index is 13.9. The van der Waals surface area contributed by atoms with Crippen molar-refractivity contribution in [3.05, 3.63) is 69.7 Å². The molecule has 0 amide bonds. The van der Waals surface area contributed by atoms with E-state index in [9.17, 15) is 13.9 Å². The summed E-state index contributed by atoms with van der Waals surface area (Å²) in [6.45, 7) is 0. The third-order valence-corrected chi connectivity index (χ3v) is 3.73. The van der Waals surface area contributed by atoms with Crippen molar-refractivity contribution < 1.29 is 13.9 Å². The van der Waals surface area contributed by atoms with Crippen LogP contribution in [0.2, 0.25) is 0 Å². The minimum Gasteiger partial charge on any atom is -0.391 e. The molecule has 2 atom stereocenters. The van der Waals surface area contributed by atoms with Gasteiger partial charge in [-0.3, -0.25) is 0 Å². The monoisotopic (exact) mass is 341 g/mol. The van der Waals surface area contributed by atoms with E-state index in [1.54, 1.807) is 0 Å². The molecule has 20 heavy (non-hydrogen) atoms. The van der Waals surface area contributed by atoms with E-state index < -0.39 is 23.8 Å². The van der Waals surface area contributed by atoms with Crippen LogP contribution in [0.3, 0.4) is 0 Å². The summed E-state index contributed by atoms with van der Waals surface area (Å²) in [4.78, 5) is 0. The second kappa shape index (κ2) is 6.43. The Bertz CT molecular complexity index is 592. The Morgan fingerprint density at radius 1 is 1.10 bits per heavy atom. The van der Waals surface area contributed by atoms with E-state index in [1.807, 2.05) is 30.3 Å². The van der Waals surface area contributed by atoms with Crippen LogP contribution < -0.4 is 5.73 Å². The zero-order valence-corrected chi connectivity index (χ0v) is 12.1. The summed E-state index contributed by atoms with van der Waals surface area (Å²) in [5.74, 6) is -1.53. The Morgan fingerprint density at radius 3 is 2.40 bits per heavy atom. The zero-order chi connectivity index (χ0) is 14.7. The van der Waals surface area contributed by atoms with Crippen molar-refractivity contribution in [2.75, 3.05) is 0 Å². The molecule has 106 valence electrons. The van der Waals surface area contributed by atoms with Gasteiger partial charge in [-0.1, -0.05) is 30.3 Å². The standard InChI is InChI=1S/C15H14BrF2NO/c16-10-6-7-11(17)13(14(10)18)15(19)12(20)8-9-4-2-1-3-5-9/h1-7,12,15,20H,8,19H2/t12-,15-/m0/s1. The first-order valence-corrected chi connectivity index (χ1v) is 6.91. The summed E-state index contributed by atoms with van der Waals surface area (Å²) in [6.07, 6.45) is -0.844. The van der Waals surface area contributed by atoms with Crippen LogP contribution in [-0.2, 0) is 6.42 Å². The first kappa shape index (κ1) is 15.1. The molecule has 2 aromatic rings. The van der Waals surface area contributed by atoms with E-state index in [2.05, 4.69) is 15.9 Å². The van der Waals surface area contributed by atoms with Gasteiger partial charge in [0.05, 0.1) is 16.6 Å². The summed E-state index contributed by atoms with van der Waals surface area (Å²) in [7, 11) is 0. The third kappa shape index (κ3) is 3.23. The number of hydrogen-bond donors (Lipinski definition) is 2. The predicted molar refractivity (Wildman–Crippen MR) is 77.1 cm³/mol. The number of nitrogens with two attached hydrogens (primary N) is 1. The van der Waals surface area contributed by atoms with E-state index in [0.29, 0.717) is 0 Å². The molecule has 2 nitrogen and oxygen atoms in total. The Hall–Kier alpha value is -1.30. The van der Waals surface area contributed by atoms with Crippen LogP contribution in [0.5, 0.6) is 0 Å². The fourth-order valence-corrected chi connectivity index (χ4v) is 2.37. The summed E-state index contributed by atoms with van der Waals surface area (Å²) in [5.41, 5.74) is 6.36. The lowest BCUT2D eigenvalue weighted by Gasteiger charge is -2.20. The second-order valence-electron chi connectivity index (χ2n) is 4.54. The molecule has 3 N–H and O–H groups in total. The van der Waals surface area contributed by atoms with E-state index in [0.717, 1.165) is 11.6 Å². The number of aliphatic hydroxyl groups excluding tert-OH is 1. The summed E-state index contributed by atoms with van der Waals surface area (Å²) in [5, 5.41) is 10.1. The molecule has 0 fully saturated rings. The average molecular weight is 342 g/mol. The van der Waals surface area contributed by atoms with Crippen LogP contribution in [0.25, 0.3) is 0 Å². The molecule has 0 aliphatic rings. The number of halogens is 3. The van der Waals surface area contributed by atoms with Crippen LogP contribution >= 0.6 is 15.9 Å². The molecule has 0 unspecified atom stereocenters. The highest BCUT2D eigenvalue weighted by atomic mass is 79.9. The second-order valence-corrected chi connectivity index (χ2v) is 5.39. The van der Waals surface area contributed by atoms with Crippen LogP contribution in [0.1, 0.15) is 17.2 Å². The lowest BCUT2D eigenvalue weighted by molar-refractivity contribution is 0.141. The van der Waals surface area contributed by atoms with Crippen molar-refractivity contribution in [2.45, 2.75) is 18.6 Å². The number of hydrogen-bond acceptors (Lipinski definition) is 2. The average Bonchev–Trinajstić information content (AvgIpc) is 2.44. The molecule has 2 aromatic carbocycles. The van der Waals surface area contributed by atoms with E-state index in [1.165, 1.54) is 6.07 Å². The van der Waals surface area contributed by atoms with Gasteiger partial charge in [-0.15, -0.1) is 0 Å². The summed E-state index contributed by atoms with van der Waals surface area (Å²) < 4.78 is 27.8. The Morgan fingerprint density at radius 2 is 1.75 bits per heavy atom. The van der Waals surface area contributed by atoms with Gasteiger partial charge in [-0.2, -0.15) is 0 Å². The van der Waals surface area contributed by atoms with Crippen molar-refractivity contribution in [1.29, 1.82) is 0 Å². The van der Waals surface area contributed by atoms with Gasteiger partial charge in [0.1, 0.15) is 11.6 Å². The fourth-order valence-electron chi connectivity index (χ4n) is 2.02. The lowest BCUT2D eigenvalue weighted by Crippen LogP contribution is -2.30. The molecule has 0 aliphatic carbocycles. The van der Waals surface area contributed by atoms with Crippen LogP contribution in [0.15, 0.2) is 46.9 Å². The van der Waals surface area contributed by atoms with Crippen LogP contribution in [0, 0.1) is 11.6 Å². The fraction of sp³-hybridized carbons (Fsp3) is 0.200. The Balaban J connectivity index is 2.23. The topological polar surface area (TPSA) is 46.2 Å². The largest absolute Gasteiger partial charge is 0.391 e. The molecule has 2 rings (SSSR count). The first-order valence-electron chi connectivity index (χ1n) is 6.11. The molecule has 0 radical (unpaired) electrons. The number of aliphatic hydroxyl groups is 1. The highest BCUT2D eigenvalue weighted by molar-refractivity contribution is 9.10. The van der Waals surface area contributed by atoms with Gasteiger partial charge in [-0.25, -0.2) is 8.78 Å². The van der Waals surface area contributed by atoms with Crippen LogP contribution in [-0.4, -0.2) is 11.2 Å². The van der Waals surface area contributed by atoms with Crippen molar-refractivity contribution in [2.24, 2.45) is 5.73 Å². The normalized spacial score (nSPS) is 14.1. The predicted octanol–water partition coefficient (Wildman–Crippen LogP) is 3.33. The Labute approximate surface area is 124 Å². The van der Waals surface area contributed by atoms with Gasteiger partial charge < -0.3 is 10.8 Å². The van der Waals surface area contributed by atoms with Crippen LogP contribution in [0.4, 0.5) is 8.78 Å². The third-order valence-electron chi connectivity index (χ3n) is 3.11. The van der Waals surface area contributed by atoms with E-state index in [4.69, 9.17) is 5.73 Å². The van der Waals surface area contributed by atoms with Crippen molar-refractivity contribution >= 4 is 15.9 Å². The minimum absolute atomic E-state index is 0.122. The van der Waals surface area contributed by atoms with Gasteiger partial charge in [0.25, 0.3) is 0 Å². The number of benzene rings is 2. The number of rotatable bonds is 4.